The van der Waals surface area contributed by atoms with Crippen molar-refractivity contribution < 1.29 is 22.8 Å². The number of carbonyl (C=O) groups is 2. The summed E-state index contributed by atoms with van der Waals surface area (Å²) in [5, 5.41) is 2.73. The molecule has 0 aromatic heterocycles. The third-order valence-electron chi connectivity index (χ3n) is 4.42. The summed E-state index contributed by atoms with van der Waals surface area (Å²) in [6, 6.07) is 6.43. The van der Waals surface area contributed by atoms with Gasteiger partial charge in [0.2, 0.25) is 5.91 Å². The molecule has 0 radical (unpaired) electrons. The van der Waals surface area contributed by atoms with Gasteiger partial charge in [-0.05, 0) is 37.5 Å². The number of nitrogens with one attached hydrogen (secondary N) is 1. The molecule has 1 fully saturated rings. The standard InChI is InChI=1S/C17H22F3N3O2/c1-2-23(15(25)17(18,19)20)11-12-6-5-7-13(10-12)22-14(24)16(21)8-3-4-9-16/h5-7,10H,2-4,8-9,11,21H2,1H3,(H,22,24). The average Bonchev–Trinajstić information content (AvgIpc) is 2.99. The van der Waals surface area contributed by atoms with Gasteiger partial charge in [0.25, 0.3) is 0 Å². The smallest absolute Gasteiger partial charge is 0.331 e. The first-order valence-electron chi connectivity index (χ1n) is 8.21. The molecule has 3 N–H and O–H groups in total. The van der Waals surface area contributed by atoms with E-state index in [2.05, 4.69) is 5.32 Å². The van der Waals surface area contributed by atoms with Gasteiger partial charge >= 0.3 is 12.1 Å². The van der Waals surface area contributed by atoms with Crippen molar-refractivity contribution >= 4 is 17.5 Å². The van der Waals surface area contributed by atoms with Crippen LogP contribution in [-0.4, -0.2) is 35.0 Å². The van der Waals surface area contributed by atoms with E-state index in [4.69, 9.17) is 5.73 Å². The Bertz CT molecular complexity index is 640. The highest BCUT2D eigenvalue weighted by molar-refractivity contribution is 5.98. The lowest BCUT2D eigenvalue weighted by Gasteiger charge is -2.24. The number of alkyl halides is 3. The first-order valence-corrected chi connectivity index (χ1v) is 8.21. The molecule has 1 aromatic rings. The van der Waals surface area contributed by atoms with Crippen LogP contribution < -0.4 is 11.1 Å². The minimum atomic E-state index is -4.91. The van der Waals surface area contributed by atoms with Crippen LogP contribution in [0.5, 0.6) is 0 Å². The number of nitrogens with zero attached hydrogens (tertiary/aromatic N) is 1. The maximum absolute atomic E-state index is 12.6. The van der Waals surface area contributed by atoms with Crippen molar-refractivity contribution in [3.63, 3.8) is 0 Å². The molecule has 0 bridgehead atoms. The molecular formula is C17H22F3N3O2. The van der Waals surface area contributed by atoms with Crippen molar-refractivity contribution in [1.29, 1.82) is 0 Å². The summed E-state index contributed by atoms with van der Waals surface area (Å²) >= 11 is 0. The fourth-order valence-electron chi connectivity index (χ4n) is 2.96. The van der Waals surface area contributed by atoms with Crippen molar-refractivity contribution in [2.45, 2.75) is 50.9 Å². The lowest BCUT2D eigenvalue weighted by molar-refractivity contribution is -0.185. The molecule has 2 rings (SSSR count). The number of hydrogen-bond acceptors (Lipinski definition) is 3. The van der Waals surface area contributed by atoms with Crippen LogP contribution in [0.25, 0.3) is 0 Å². The summed E-state index contributed by atoms with van der Waals surface area (Å²) in [6.07, 6.45) is -1.88. The maximum atomic E-state index is 12.6. The predicted octanol–water partition coefficient (Wildman–Crippen LogP) is 2.81. The molecule has 0 aliphatic heterocycles. The van der Waals surface area contributed by atoms with E-state index in [0.29, 0.717) is 29.0 Å². The molecular weight excluding hydrogens is 335 g/mol. The molecule has 5 nitrogen and oxygen atoms in total. The van der Waals surface area contributed by atoms with Crippen molar-refractivity contribution in [3.8, 4) is 0 Å². The molecule has 0 saturated heterocycles. The lowest BCUT2D eigenvalue weighted by Crippen LogP contribution is -2.48. The molecule has 0 unspecified atom stereocenters. The van der Waals surface area contributed by atoms with Crippen LogP contribution in [0.4, 0.5) is 18.9 Å². The second kappa shape index (κ2) is 7.43. The Morgan fingerprint density at radius 1 is 1.28 bits per heavy atom. The average molecular weight is 357 g/mol. The minimum absolute atomic E-state index is 0.0686. The second-order valence-electron chi connectivity index (χ2n) is 6.33. The number of carbonyl (C=O) groups excluding carboxylic acids is 2. The van der Waals surface area contributed by atoms with Gasteiger partial charge in [-0.3, -0.25) is 9.59 Å². The topological polar surface area (TPSA) is 75.4 Å². The van der Waals surface area contributed by atoms with E-state index in [9.17, 15) is 22.8 Å². The summed E-state index contributed by atoms with van der Waals surface area (Å²) in [6.45, 7) is 1.22. The number of nitrogens with two attached hydrogens (primary N) is 1. The van der Waals surface area contributed by atoms with Crippen LogP contribution in [0, 0.1) is 0 Å². The van der Waals surface area contributed by atoms with Crippen LogP contribution in [0.15, 0.2) is 24.3 Å². The fraction of sp³-hybridized carbons (Fsp3) is 0.529. The number of amides is 2. The van der Waals surface area contributed by atoms with Gasteiger partial charge in [0, 0.05) is 18.8 Å². The van der Waals surface area contributed by atoms with Crippen LogP contribution in [-0.2, 0) is 16.1 Å². The summed E-state index contributed by atoms with van der Waals surface area (Å²) in [7, 11) is 0. The fourth-order valence-corrected chi connectivity index (χ4v) is 2.96. The van der Waals surface area contributed by atoms with Crippen molar-refractivity contribution in [2.24, 2.45) is 5.73 Å². The van der Waals surface area contributed by atoms with Gasteiger partial charge in [-0.1, -0.05) is 25.0 Å². The Morgan fingerprint density at radius 2 is 1.92 bits per heavy atom. The maximum Gasteiger partial charge on any atom is 0.471 e. The quantitative estimate of drug-likeness (QED) is 0.851. The number of benzene rings is 1. The van der Waals surface area contributed by atoms with E-state index >= 15 is 0 Å². The zero-order valence-corrected chi connectivity index (χ0v) is 14.0. The molecule has 1 saturated carbocycles. The number of hydrogen-bond donors (Lipinski definition) is 2. The summed E-state index contributed by atoms with van der Waals surface area (Å²) in [5.41, 5.74) is 6.15. The van der Waals surface area contributed by atoms with Crippen molar-refractivity contribution in [3.05, 3.63) is 29.8 Å². The van der Waals surface area contributed by atoms with Crippen molar-refractivity contribution in [2.75, 3.05) is 11.9 Å². The van der Waals surface area contributed by atoms with Gasteiger partial charge in [-0.2, -0.15) is 13.2 Å². The first-order chi connectivity index (χ1) is 11.7. The summed E-state index contributed by atoms with van der Waals surface area (Å²) in [5.74, 6) is -2.17. The monoisotopic (exact) mass is 357 g/mol. The Kier molecular flexibility index (Phi) is 5.72. The van der Waals surface area contributed by atoms with E-state index in [1.54, 1.807) is 24.3 Å². The van der Waals surface area contributed by atoms with E-state index in [1.807, 2.05) is 0 Å². The van der Waals surface area contributed by atoms with Gasteiger partial charge in [-0.15, -0.1) is 0 Å². The largest absolute Gasteiger partial charge is 0.471 e. The lowest BCUT2D eigenvalue weighted by atomic mass is 9.98. The highest BCUT2D eigenvalue weighted by Gasteiger charge is 2.42. The number of halogens is 3. The predicted molar refractivity (Wildman–Crippen MR) is 87.6 cm³/mol. The molecule has 8 heteroatoms. The van der Waals surface area contributed by atoms with E-state index in [1.165, 1.54) is 6.92 Å². The van der Waals surface area contributed by atoms with E-state index in [0.717, 1.165) is 12.8 Å². The van der Waals surface area contributed by atoms with Gasteiger partial charge in [-0.25, -0.2) is 0 Å². The highest BCUT2D eigenvalue weighted by Crippen LogP contribution is 2.28. The second-order valence-corrected chi connectivity index (χ2v) is 6.33. The highest BCUT2D eigenvalue weighted by atomic mass is 19.4. The van der Waals surface area contributed by atoms with Gasteiger partial charge in [0.05, 0.1) is 5.54 Å². The molecule has 1 aliphatic rings. The third kappa shape index (κ3) is 4.72. The van der Waals surface area contributed by atoms with Gasteiger partial charge < -0.3 is 16.0 Å². The Morgan fingerprint density at radius 3 is 2.48 bits per heavy atom. The molecule has 138 valence electrons. The van der Waals surface area contributed by atoms with Crippen LogP contribution in [0.2, 0.25) is 0 Å². The van der Waals surface area contributed by atoms with Gasteiger partial charge in [0.1, 0.15) is 0 Å². The minimum Gasteiger partial charge on any atom is -0.331 e. The zero-order valence-electron chi connectivity index (χ0n) is 14.0. The van der Waals surface area contributed by atoms with E-state index in [-0.39, 0.29) is 19.0 Å². The molecule has 1 aromatic carbocycles. The zero-order chi connectivity index (χ0) is 18.7. The molecule has 0 spiro atoms. The van der Waals surface area contributed by atoms with Crippen LogP contribution in [0.3, 0.4) is 0 Å². The van der Waals surface area contributed by atoms with Gasteiger partial charge in [0.15, 0.2) is 0 Å². The first kappa shape index (κ1) is 19.2. The number of rotatable bonds is 5. The Balaban J connectivity index is 2.08. The molecule has 1 aliphatic carbocycles. The Hall–Kier alpha value is -2.09. The Labute approximate surface area is 144 Å². The molecule has 25 heavy (non-hydrogen) atoms. The summed E-state index contributed by atoms with van der Waals surface area (Å²) < 4.78 is 37.8. The SMILES string of the molecule is CCN(Cc1cccc(NC(=O)C2(N)CCCC2)c1)C(=O)C(F)(F)F. The van der Waals surface area contributed by atoms with Crippen molar-refractivity contribution in [1.82, 2.24) is 4.90 Å². The third-order valence-corrected chi connectivity index (χ3v) is 4.42. The van der Waals surface area contributed by atoms with Crippen LogP contribution >= 0.6 is 0 Å². The summed E-state index contributed by atoms with van der Waals surface area (Å²) in [4.78, 5) is 24.4. The van der Waals surface area contributed by atoms with E-state index < -0.39 is 17.6 Å². The number of anilines is 1. The molecule has 2 amide bonds. The normalized spacial score (nSPS) is 16.5. The molecule has 0 atom stereocenters. The molecule has 0 heterocycles. The van der Waals surface area contributed by atoms with Crippen LogP contribution in [0.1, 0.15) is 38.2 Å².